The molecule has 104 valence electrons. The van der Waals surface area contributed by atoms with Gasteiger partial charge < -0.3 is 9.80 Å². The van der Waals surface area contributed by atoms with Gasteiger partial charge in [-0.1, -0.05) is 6.92 Å². The number of carbonyl (C=O) groups excluding carboxylic acids is 1. The second-order valence-corrected chi connectivity index (χ2v) is 6.60. The van der Waals surface area contributed by atoms with Gasteiger partial charge in [0, 0.05) is 49.4 Å². The Kier molecular flexibility index (Phi) is 4.34. The third kappa shape index (κ3) is 3.03. The molecule has 1 aromatic rings. The van der Waals surface area contributed by atoms with E-state index in [4.69, 9.17) is 0 Å². The number of rotatable bonds is 2. The molecule has 1 aliphatic rings. The number of pyridine rings is 1. The molecule has 0 N–H and O–H groups in total. The minimum Gasteiger partial charge on any atom is -0.363 e. The number of aromatic nitrogens is 1. The van der Waals surface area contributed by atoms with Gasteiger partial charge in [0.15, 0.2) is 0 Å². The van der Waals surface area contributed by atoms with Crippen LogP contribution in [0.2, 0.25) is 0 Å². The smallest absolute Gasteiger partial charge is 0.254 e. The molecule has 1 amide bonds. The van der Waals surface area contributed by atoms with E-state index in [1.807, 2.05) is 41.7 Å². The third-order valence-corrected chi connectivity index (χ3v) is 4.93. The number of hydrogen-bond acceptors (Lipinski definition) is 4. The largest absolute Gasteiger partial charge is 0.363 e. The molecule has 1 fully saturated rings. The normalized spacial score (nSPS) is 23.3. The highest BCUT2D eigenvalue weighted by atomic mass is 32.2. The minimum absolute atomic E-state index is 0.116. The number of nitrogens with zero attached hydrogens (tertiary/aromatic N) is 3. The van der Waals surface area contributed by atoms with Crippen LogP contribution in [-0.2, 0) is 0 Å². The molecule has 1 saturated heterocycles. The summed E-state index contributed by atoms with van der Waals surface area (Å²) in [6.07, 6.45) is 1.70. The number of amides is 1. The van der Waals surface area contributed by atoms with Crippen LogP contribution in [0, 0.1) is 0 Å². The minimum atomic E-state index is 0.116. The van der Waals surface area contributed by atoms with Crippen molar-refractivity contribution in [2.75, 3.05) is 31.3 Å². The molecule has 5 heteroatoms. The number of anilines is 1. The molecular formula is C14H21N3OS. The molecule has 2 heterocycles. The van der Waals surface area contributed by atoms with Crippen molar-refractivity contribution in [2.24, 2.45) is 0 Å². The first-order valence-corrected chi connectivity index (χ1v) is 7.61. The first-order chi connectivity index (χ1) is 9.00. The fourth-order valence-corrected chi connectivity index (χ4v) is 3.28. The summed E-state index contributed by atoms with van der Waals surface area (Å²) in [5.74, 6) is 1.95. The van der Waals surface area contributed by atoms with E-state index in [9.17, 15) is 4.79 Å². The molecule has 2 rings (SSSR count). The van der Waals surface area contributed by atoms with Crippen molar-refractivity contribution in [1.29, 1.82) is 0 Å². The standard InChI is InChI=1S/C14H21N3OS/c1-10-11(2)19-8-7-17(10)14(18)12-5-6-15-13(9-12)16(3)4/h5-6,9-11H,7-8H2,1-4H3. The van der Waals surface area contributed by atoms with Gasteiger partial charge in [-0.2, -0.15) is 11.8 Å². The quantitative estimate of drug-likeness (QED) is 0.831. The zero-order valence-electron chi connectivity index (χ0n) is 12.0. The summed E-state index contributed by atoms with van der Waals surface area (Å²) in [6.45, 7) is 5.14. The topological polar surface area (TPSA) is 36.4 Å². The Morgan fingerprint density at radius 3 is 2.89 bits per heavy atom. The van der Waals surface area contributed by atoms with E-state index < -0.39 is 0 Å². The van der Waals surface area contributed by atoms with Crippen LogP contribution in [0.5, 0.6) is 0 Å². The van der Waals surface area contributed by atoms with Gasteiger partial charge in [-0.05, 0) is 19.1 Å². The van der Waals surface area contributed by atoms with Gasteiger partial charge in [0.05, 0.1) is 0 Å². The molecule has 2 atom stereocenters. The molecule has 1 aliphatic heterocycles. The van der Waals surface area contributed by atoms with Crippen molar-refractivity contribution in [3.63, 3.8) is 0 Å². The number of hydrogen-bond donors (Lipinski definition) is 0. The SMILES string of the molecule is CC1SCCN(C(=O)c2ccnc(N(C)C)c2)C1C. The van der Waals surface area contributed by atoms with Crippen LogP contribution < -0.4 is 4.90 Å². The Morgan fingerprint density at radius 1 is 1.47 bits per heavy atom. The van der Waals surface area contributed by atoms with Gasteiger partial charge >= 0.3 is 0 Å². The van der Waals surface area contributed by atoms with Crippen LogP contribution >= 0.6 is 11.8 Å². The monoisotopic (exact) mass is 279 g/mol. The summed E-state index contributed by atoms with van der Waals surface area (Å²) in [4.78, 5) is 20.7. The molecule has 0 aromatic carbocycles. The third-order valence-electron chi connectivity index (χ3n) is 3.60. The first-order valence-electron chi connectivity index (χ1n) is 6.56. The fraction of sp³-hybridized carbons (Fsp3) is 0.571. The average Bonchev–Trinajstić information content (AvgIpc) is 2.41. The Bertz CT molecular complexity index is 464. The second kappa shape index (κ2) is 5.82. The first kappa shape index (κ1) is 14.2. The molecule has 0 saturated carbocycles. The van der Waals surface area contributed by atoms with E-state index in [0.29, 0.717) is 5.25 Å². The number of carbonyl (C=O) groups is 1. The molecule has 1 aromatic heterocycles. The maximum absolute atomic E-state index is 12.6. The maximum atomic E-state index is 12.6. The fourth-order valence-electron chi connectivity index (χ4n) is 2.18. The Morgan fingerprint density at radius 2 is 2.21 bits per heavy atom. The van der Waals surface area contributed by atoms with Gasteiger partial charge in [0.2, 0.25) is 0 Å². The van der Waals surface area contributed by atoms with Crippen molar-refractivity contribution in [1.82, 2.24) is 9.88 Å². The lowest BCUT2D eigenvalue weighted by Crippen LogP contribution is -2.48. The Hall–Kier alpha value is -1.23. The van der Waals surface area contributed by atoms with E-state index in [-0.39, 0.29) is 11.9 Å². The molecule has 0 aliphatic carbocycles. The van der Waals surface area contributed by atoms with Crippen LogP contribution in [0.25, 0.3) is 0 Å². The molecule has 4 nitrogen and oxygen atoms in total. The van der Waals surface area contributed by atoms with Crippen molar-refractivity contribution in [3.8, 4) is 0 Å². The van der Waals surface area contributed by atoms with Crippen molar-refractivity contribution in [2.45, 2.75) is 25.1 Å². The molecular weight excluding hydrogens is 258 g/mol. The summed E-state index contributed by atoms with van der Waals surface area (Å²) in [5, 5.41) is 0.493. The second-order valence-electron chi connectivity index (χ2n) is 5.11. The maximum Gasteiger partial charge on any atom is 0.254 e. The highest BCUT2D eigenvalue weighted by Gasteiger charge is 2.29. The van der Waals surface area contributed by atoms with E-state index in [1.54, 1.807) is 12.3 Å². The van der Waals surface area contributed by atoms with Crippen LogP contribution in [0.3, 0.4) is 0 Å². The van der Waals surface area contributed by atoms with Gasteiger partial charge in [0.25, 0.3) is 5.91 Å². The predicted octanol–water partition coefficient (Wildman–Crippen LogP) is 2.11. The molecule has 0 bridgehead atoms. The highest BCUT2D eigenvalue weighted by Crippen LogP contribution is 2.26. The summed E-state index contributed by atoms with van der Waals surface area (Å²) in [5.41, 5.74) is 0.727. The van der Waals surface area contributed by atoms with E-state index in [0.717, 1.165) is 23.7 Å². The summed E-state index contributed by atoms with van der Waals surface area (Å²) >= 11 is 1.94. The lowest BCUT2D eigenvalue weighted by atomic mass is 10.1. The Balaban J connectivity index is 2.21. The van der Waals surface area contributed by atoms with Crippen molar-refractivity contribution in [3.05, 3.63) is 23.9 Å². The zero-order chi connectivity index (χ0) is 14.0. The van der Waals surface area contributed by atoms with E-state index >= 15 is 0 Å². The predicted molar refractivity (Wildman–Crippen MR) is 81.0 cm³/mol. The number of thioether (sulfide) groups is 1. The van der Waals surface area contributed by atoms with E-state index in [1.165, 1.54) is 0 Å². The van der Waals surface area contributed by atoms with Crippen LogP contribution in [0.1, 0.15) is 24.2 Å². The summed E-state index contributed by atoms with van der Waals surface area (Å²) in [6, 6.07) is 3.94. The summed E-state index contributed by atoms with van der Waals surface area (Å²) in [7, 11) is 3.86. The summed E-state index contributed by atoms with van der Waals surface area (Å²) < 4.78 is 0. The Labute approximate surface area is 119 Å². The van der Waals surface area contributed by atoms with Gasteiger partial charge in [0.1, 0.15) is 5.82 Å². The van der Waals surface area contributed by atoms with Crippen molar-refractivity contribution >= 4 is 23.5 Å². The van der Waals surface area contributed by atoms with Crippen molar-refractivity contribution < 1.29 is 4.79 Å². The van der Waals surface area contributed by atoms with Crippen LogP contribution in [0.15, 0.2) is 18.3 Å². The molecule has 19 heavy (non-hydrogen) atoms. The van der Waals surface area contributed by atoms with Gasteiger partial charge in [-0.15, -0.1) is 0 Å². The zero-order valence-corrected chi connectivity index (χ0v) is 12.8. The average molecular weight is 279 g/mol. The van der Waals surface area contributed by atoms with E-state index in [2.05, 4.69) is 18.8 Å². The van der Waals surface area contributed by atoms with Crippen LogP contribution in [0.4, 0.5) is 5.82 Å². The van der Waals surface area contributed by atoms with Gasteiger partial charge in [-0.3, -0.25) is 4.79 Å². The molecule has 0 spiro atoms. The lowest BCUT2D eigenvalue weighted by molar-refractivity contribution is 0.0698. The highest BCUT2D eigenvalue weighted by molar-refractivity contribution is 8.00. The molecule has 2 unspecified atom stereocenters. The lowest BCUT2D eigenvalue weighted by Gasteiger charge is -2.37. The molecule has 0 radical (unpaired) electrons. The van der Waals surface area contributed by atoms with Crippen LogP contribution in [-0.4, -0.2) is 53.5 Å². The van der Waals surface area contributed by atoms with Gasteiger partial charge in [-0.25, -0.2) is 4.98 Å².